The first kappa shape index (κ1) is 13.1. The van der Waals surface area contributed by atoms with E-state index in [-0.39, 0.29) is 12.0 Å². The molecule has 1 fully saturated rings. The molecule has 4 nitrogen and oxygen atoms in total. The number of likely N-dealkylation sites (tertiary alicyclic amines) is 1. The van der Waals surface area contributed by atoms with Gasteiger partial charge in [-0.1, -0.05) is 17.4 Å². The lowest BCUT2D eigenvalue weighted by molar-refractivity contribution is 0.0772. The molecular formula is C14H13FN2O2S. The minimum absolute atomic E-state index is 0.0429. The molecule has 1 unspecified atom stereocenters. The average Bonchev–Trinajstić information content (AvgIpc) is 3.10. The topological polar surface area (TPSA) is 42.4 Å². The van der Waals surface area contributed by atoms with E-state index in [0.717, 1.165) is 6.42 Å². The zero-order valence-corrected chi connectivity index (χ0v) is 11.5. The number of amides is 1. The van der Waals surface area contributed by atoms with E-state index in [9.17, 15) is 9.18 Å². The second-order valence-electron chi connectivity index (χ2n) is 4.59. The van der Waals surface area contributed by atoms with Crippen LogP contribution in [0.15, 0.2) is 35.8 Å². The number of hydrogen-bond acceptors (Lipinski definition) is 4. The van der Waals surface area contributed by atoms with Crippen LogP contribution in [0.4, 0.5) is 4.39 Å². The summed E-state index contributed by atoms with van der Waals surface area (Å²) in [4.78, 5) is 18.0. The van der Waals surface area contributed by atoms with Crippen LogP contribution in [-0.4, -0.2) is 35.0 Å². The van der Waals surface area contributed by atoms with Crippen LogP contribution in [0.1, 0.15) is 16.8 Å². The van der Waals surface area contributed by atoms with Gasteiger partial charge in [0.15, 0.2) is 0 Å². The van der Waals surface area contributed by atoms with Gasteiger partial charge in [0.05, 0.1) is 6.54 Å². The highest BCUT2D eigenvalue weighted by Crippen LogP contribution is 2.21. The van der Waals surface area contributed by atoms with E-state index in [2.05, 4.69) is 4.98 Å². The van der Waals surface area contributed by atoms with Crippen LogP contribution >= 0.6 is 11.3 Å². The van der Waals surface area contributed by atoms with Crippen molar-refractivity contribution >= 4 is 17.2 Å². The van der Waals surface area contributed by atoms with Crippen molar-refractivity contribution in [2.75, 3.05) is 13.1 Å². The fraction of sp³-hybridized carbons (Fsp3) is 0.286. The minimum Gasteiger partial charge on any atom is -0.465 e. The van der Waals surface area contributed by atoms with Crippen molar-refractivity contribution in [3.05, 3.63) is 47.2 Å². The normalized spacial score (nSPS) is 18.2. The Morgan fingerprint density at radius 1 is 1.50 bits per heavy atom. The lowest BCUT2D eigenvalue weighted by Gasteiger charge is -2.16. The molecule has 1 saturated heterocycles. The summed E-state index contributed by atoms with van der Waals surface area (Å²) in [7, 11) is 0. The van der Waals surface area contributed by atoms with E-state index in [0.29, 0.717) is 23.8 Å². The number of halogens is 1. The molecule has 1 aliphatic heterocycles. The molecule has 0 bridgehead atoms. The highest BCUT2D eigenvalue weighted by molar-refractivity contribution is 7.11. The van der Waals surface area contributed by atoms with Crippen molar-refractivity contribution in [3.63, 3.8) is 0 Å². The Labute approximate surface area is 119 Å². The highest BCUT2D eigenvalue weighted by atomic mass is 32.1. The van der Waals surface area contributed by atoms with Gasteiger partial charge in [0, 0.05) is 30.1 Å². The number of carbonyl (C=O) groups is 1. The minimum atomic E-state index is -0.398. The SMILES string of the molecule is O=C(c1cccc(F)c1)N1CCC(Oc2nccs2)C1. The number of thiazole rings is 1. The number of aromatic nitrogens is 1. The second-order valence-corrected chi connectivity index (χ2v) is 5.45. The van der Waals surface area contributed by atoms with Crippen molar-refractivity contribution < 1.29 is 13.9 Å². The Morgan fingerprint density at radius 3 is 3.15 bits per heavy atom. The average molecular weight is 292 g/mol. The van der Waals surface area contributed by atoms with Crippen molar-refractivity contribution in [2.24, 2.45) is 0 Å². The Hall–Kier alpha value is -1.95. The number of hydrogen-bond donors (Lipinski definition) is 0. The van der Waals surface area contributed by atoms with Crippen LogP contribution in [-0.2, 0) is 0 Å². The highest BCUT2D eigenvalue weighted by Gasteiger charge is 2.28. The predicted molar refractivity (Wildman–Crippen MR) is 73.5 cm³/mol. The molecule has 0 saturated carbocycles. The van der Waals surface area contributed by atoms with Gasteiger partial charge in [0.1, 0.15) is 11.9 Å². The zero-order chi connectivity index (χ0) is 13.9. The molecule has 2 aromatic rings. The van der Waals surface area contributed by atoms with Crippen molar-refractivity contribution in [3.8, 4) is 5.19 Å². The van der Waals surface area contributed by atoms with Crippen LogP contribution in [0.3, 0.4) is 0 Å². The van der Waals surface area contributed by atoms with E-state index in [1.165, 1.54) is 23.5 Å². The first-order chi connectivity index (χ1) is 9.72. The van der Waals surface area contributed by atoms with Gasteiger partial charge in [-0.05, 0) is 18.2 Å². The molecule has 1 aromatic heterocycles. The fourth-order valence-corrected chi connectivity index (χ4v) is 2.78. The number of ether oxygens (including phenoxy) is 1. The molecule has 0 radical (unpaired) electrons. The molecule has 3 rings (SSSR count). The molecule has 1 aliphatic rings. The van der Waals surface area contributed by atoms with Gasteiger partial charge in [-0.25, -0.2) is 9.37 Å². The first-order valence-corrected chi connectivity index (χ1v) is 7.21. The van der Waals surface area contributed by atoms with Crippen LogP contribution in [0, 0.1) is 5.82 Å². The predicted octanol–water partition coefficient (Wildman–Crippen LogP) is 2.58. The van der Waals surface area contributed by atoms with Gasteiger partial charge < -0.3 is 9.64 Å². The van der Waals surface area contributed by atoms with E-state index in [1.807, 2.05) is 5.38 Å². The maximum absolute atomic E-state index is 13.1. The fourth-order valence-electron chi connectivity index (χ4n) is 2.22. The summed E-state index contributed by atoms with van der Waals surface area (Å²) in [5, 5.41) is 2.47. The summed E-state index contributed by atoms with van der Waals surface area (Å²) in [6, 6.07) is 5.76. The van der Waals surface area contributed by atoms with Crippen LogP contribution < -0.4 is 4.74 Å². The van der Waals surface area contributed by atoms with Crippen LogP contribution in [0.5, 0.6) is 5.19 Å². The number of rotatable bonds is 3. The van der Waals surface area contributed by atoms with E-state index in [1.54, 1.807) is 23.2 Å². The molecule has 1 amide bonds. The van der Waals surface area contributed by atoms with Gasteiger partial charge in [0.25, 0.3) is 11.1 Å². The van der Waals surface area contributed by atoms with Crippen LogP contribution in [0.2, 0.25) is 0 Å². The quantitative estimate of drug-likeness (QED) is 0.873. The monoisotopic (exact) mass is 292 g/mol. The third-order valence-corrected chi connectivity index (χ3v) is 3.84. The smallest absolute Gasteiger partial charge is 0.273 e. The van der Waals surface area contributed by atoms with Gasteiger partial charge in [-0.15, -0.1) is 0 Å². The van der Waals surface area contributed by atoms with Gasteiger partial charge in [-0.3, -0.25) is 4.79 Å². The molecule has 6 heteroatoms. The Bertz CT molecular complexity index is 603. The lowest BCUT2D eigenvalue weighted by atomic mass is 10.2. The molecular weight excluding hydrogens is 279 g/mol. The molecule has 104 valence electrons. The summed E-state index contributed by atoms with van der Waals surface area (Å²) < 4.78 is 18.8. The van der Waals surface area contributed by atoms with E-state index < -0.39 is 5.82 Å². The summed E-state index contributed by atoms with van der Waals surface area (Å²) in [6.45, 7) is 1.13. The number of benzene rings is 1. The molecule has 0 spiro atoms. The lowest BCUT2D eigenvalue weighted by Crippen LogP contribution is -2.30. The molecule has 2 heterocycles. The Kier molecular flexibility index (Phi) is 3.64. The largest absolute Gasteiger partial charge is 0.465 e. The summed E-state index contributed by atoms with van der Waals surface area (Å²) in [5.41, 5.74) is 0.375. The van der Waals surface area contributed by atoms with Crippen molar-refractivity contribution in [1.82, 2.24) is 9.88 Å². The zero-order valence-electron chi connectivity index (χ0n) is 10.7. The maximum Gasteiger partial charge on any atom is 0.273 e. The summed E-state index contributed by atoms with van der Waals surface area (Å²) in [5.74, 6) is -0.555. The van der Waals surface area contributed by atoms with Gasteiger partial charge in [-0.2, -0.15) is 0 Å². The summed E-state index contributed by atoms with van der Waals surface area (Å²) >= 11 is 1.43. The second kappa shape index (κ2) is 5.58. The van der Waals surface area contributed by atoms with E-state index >= 15 is 0 Å². The number of nitrogens with zero attached hydrogens (tertiary/aromatic N) is 2. The Balaban J connectivity index is 1.63. The Morgan fingerprint density at radius 2 is 2.40 bits per heavy atom. The third-order valence-electron chi connectivity index (χ3n) is 3.18. The summed E-state index contributed by atoms with van der Waals surface area (Å²) in [6.07, 6.45) is 2.41. The molecule has 1 atom stereocenters. The molecule has 20 heavy (non-hydrogen) atoms. The van der Waals surface area contributed by atoms with E-state index in [4.69, 9.17) is 4.74 Å². The first-order valence-electron chi connectivity index (χ1n) is 6.33. The van der Waals surface area contributed by atoms with Crippen molar-refractivity contribution in [2.45, 2.75) is 12.5 Å². The van der Waals surface area contributed by atoms with Gasteiger partial charge >= 0.3 is 0 Å². The van der Waals surface area contributed by atoms with Gasteiger partial charge in [0.2, 0.25) is 0 Å². The van der Waals surface area contributed by atoms with Crippen LogP contribution in [0.25, 0.3) is 0 Å². The third kappa shape index (κ3) is 2.80. The molecule has 0 N–H and O–H groups in total. The molecule has 1 aromatic carbocycles. The van der Waals surface area contributed by atoms with Crippen molar-refractivity contribution in [1.29, 1.82) is 0 Å². The number of carbonyl (C=O) groups excluding carboxylic acids is 1. The standard InChI is InChI=1S/C14H13FN2O2S/c15-11-3-1-2-10(8-11)13(18)17-6-4-12(9-17)19-14-16-5-7-20-14/h1-3,5,7-8,12H,4,6,9H2. The molecule has 0 aliphatic carbocycles. The maximum atomic E-state index is 13.1.